The zero-order valence-electron chi connectivity index (χ0n) is 20.7. The number of fused-ring (bicyclic) bond motifs is 1. The number of anilines is 1. The molecule has 1 saturated carbocycles. The molecule has 3 N–H and O–H groups in total. The number of nitrogens with zero attached hydrogens (tertiary/aromatic N) is 2. The van der Waals surface area contributed by atoms with Gasteiger partial charge in [0.15, 0.2) is 0 Å². The van der Waals surface area contributed by atoms with E-state index in [4.69, 9.17) is 11.6 Å². The van der Waals surface area contributed by atoms with Crippen molar-refractivity contribution in [3.8, 4) is 5.69 Å². The predicted octanol–water partition coefficient (Wildman–Crippen LogP) is 4.69. The van der Waals surface area contributed by atoms with Crippen molar-refractivity contribution >= 4 is 17.3 Å². The van der Waals surface area contributed by atoms with E-state index in [1.54, 1.807) is 0 Å². The molecule has 0 bridgehead atoms. The van der Waals surface area contributed by atoms with Gasteiger partial charge < -0.3 is 15.1 Å². The van der Waals surface area contributed by atoms with Crippen LogP contribution >= 0.6 is 11.6 Å². The number of hydrogen-bond acceptors (Lipinski definition) is 4. The Bertz CT molecular complexity index is 1350. The molecular weight excluding hydrogens is 462 g/mol. The van der Waals surface area contributed by atoms with Gasteiger partial charge in [0.2, 0.25) is 0 Å². The first-order valence-corrected chi connectivity index (χ1v) is 12.4. The van der Waals surface area contributed by atoms with E-state index in [0.29, 0.717) is 10.6 Å². The number of likely N-dealkylation sites (N-methyl/N-ethyl adjacent to an activating group) is 1. The number of halogens is 1. The van der Waals surface area contributed by atoms with Crippen LogP contribution in [0.3, 0.4) is 0 Å². The van der Waals surface area contributed by atoms with Crippen LogP contribution in [0.25, 0.3) is 5.69 Å². The van der Waals surface area contributed by atoms with E-state index in [-0.39, 0.29) is 16.9 Å². The number of aliphatic hydroxyl groups is 2. The highest BCUT2D eigenvalue weighted by Crippen LogP contribution is 2.51. The molecule has 1 fully saturated rings. The van der Waals surface area contributed by atoms with Gasteiger partial charge in [-0.05, 0) is 41.8 Å². The molecule has 0 spiro atoms. The minimum absolute atomic E-state index is 0.0265. The first-order valence-electron chi connectivity index (χ1n) is 12.1. The number of rotatable bonds is 4. The second-order valence-electron chi connectivity index (χ2n) is 10.6. The smallest absolute Gasteiger partial charge is 0.275 e. The number of aromatic amines is 1. The van der Waals surface area contributed by atoms with Crippen molar-refractivity contribution in [2.75, 3.05) is 11.9 Å². The van der Waals surface area contributed by atoms with Crippen LogP contribution in [-0.2, 0) is 5.41 Å². The molecule has 1 aliphatic heterocycles. The highest BCUT2D eigenvalue weighted by atomic mass is 35.5. The van der Waals surface area contributed by atoms with Gasteiger partial charge in [-0.1, -0.05) is 63.6 Å². The van der Waals surface area contributed by atoms with Crippen LogP contribution in [0.1, 0.15) is 56.4 Å². The third-order valence-corrected chi connectivity index (χ3v) is 7.99. The van der Waals surface area contributed by atoms with Crippen LogP contribution in [0.5, 0.6) is 0 Å². The van der Waals surface area contributed by atoms with Crippen LogP contribution in [0.2, 0.25) is 5.02 Å². The molecule has 0 radical (unpaired) electrons. The van der Waals surface area contributed by atoms with Gasteiger partial charge >= 0.3 is 0 Å². The normalized spacial score (nSPS) is 26.3. The molecular formula is C28H32ClN3O3. The molecule has 2 atom stereocenters. The highest BCUT2D eigenvalue weighted by molar-refractivity contribution is 6.30. The van der Waals surface area contributed by atoms with E-state index in [0.717, 1.165) is 28.3 Å². The van der Waals surface area contributed by atoms with Crippen molar-refractivity contribution in [1.82, 2.24) is 9.78 Å². The Morgan fingerprint density at radius 2 is 1.74 bits per heavy atom. The Hall–Kier alpha value is -2.80. The minimum Gasteiger partial charge on any atom is -0.392 e. The Morgan fingerprint density at radius 3 is 2.37 bits per heavy atom. The van der Waals surface area contributed by atoms with E-state index in [1.807, 2.05) is 75.5 Å². The van der Waals surface area contributed by atoms with Gasteiger partial charge in [0.25, 0.3) is 5.56 Å². The molecule has 2 aliphatic rings. The van der Waals surface area contributed by atoms with Crippen LogP contribution in [0, 0.1) is 5.92 Å². The SMILES string of the molecule is CC(C)c1[nH]n(-c2ccccc2)c(=O)c1C1C(O)C(/C=C2/N(C)c3ccc(Cl)cc3C2(C)C)C1O. The quantitative estimate of drug-likeness (QED) is 0.492. The van der Waals surface area contributed by atoms with Crippen molar-refractivity contribution in [2.24, 2.45) is 5.92 Å². The third kappa shape index (κ3) is 3.58. The van der Waals surface area contributed by atoms with Crippen LogP contribution in [-0.4, -0.2) is 39.2 Å². The fourth-order valence-corrected chi connectivity index (χ4v) is 5.93. The number of H-pyrrole nitrogens is 1. The summed E-state index contributed by atoms with van der Waals surface area (Å²) >= 11 is 6.27. The van der Waals surface area contributed by atoms with Crippen LogP contribution < -0.4 is 10.5 Å². The molecule has 2 heterocycles. The first kappa shape index (κ1) is 23.9. The third-order valence-electron chi connectivity index (χ3n) is 7.75. The predicted molar refractivity (Wildman–Crippen MR) is 140 cm³/mol. The van der Waals surface area contributed by atoms with E-state index in [1.165, 1.54) is 4.68 Å². The molecule has 1 aromatic heterocycles. The van der Waals surface area contributed by atoms with Crippen molar-refractivity contribution in [2.45, 2.75) is 57.2 Å². The number of hydrogen-bond donors (Lipinski definition) is 3. The molecule has 2 unspecified atom stereocenters. The summed E-state index contributed by atoms with van der Waals surface area (Å²) in [6, 6.07) is 15.2. The lowest BCUT2D eigenvalue weighted by Crippen LogP contribution is -2.54. The lowest BCUT2D eigenvalue weighted by atomic mass is 9.64. The first-order chi connectivity index (χ1) is 16.5. The van der Waals surface area contributed by atoms with Gasteiger partial charge in [-0.25, -0.2) is 4.68 Å². The van der Waals surface area contributed by atoms with E-state index < -0.39 is 24.0 Å². The van der Waals surface area contributed by atoms with Crippen molar-refractivity contribution in [3.05, 3.63) is 92.5 Å². The van der Waals surface area contributed by atoms with Gasteiger partial charge in [0.05, 0.1) is 17.9 Å². The van der Waals surface area contributed by atoms with Crippen LogP contribution in [0.15, 0.2) is 65.1 Å². The average molecular weight is 494 g/mol. The maximum atomic E-state index is 13.5. The summed E-state index contributed by atoms with van der Waals surface area (Å²) in [4.78, 5) is 15.6. The summed E-state index contributed by atoms with van der Waals surface area (Å²) in [5.41, 5.74) is 4.53. The molecule has 184 valence electrons. The number of benzene rings is 2. The second-order valence-corrected chi connectivity index (χ2v) is 11.0. The number of nitrogens with one attached hydrogen (secondary N) is 1. The zero-order valence-corrected chi connectivity index (χ0v) is 21.4. The van der Waals surface area contributed by atoms with Gasteiger partial charge in [-0.3, -0.25) is 9.89 Å². The molecule has 0 amide bonds. The molecule has 2 aromatic carbocycles. The maximum absolute atomic E-state index is 13.5. The molecule has 1 aliphatic carbocycles. The van der Waals surface area contributed by atoms with Crippen molar-refractivity contribution < 1.29 is 10.2 Å². The lowest BCUT2D eigenvalue weighted by Gasteiger charge is -2.46. The fourth-order valence-electron chi connectivity index (χ4n) is 5.76. The van der Waals surface area contributed by atoms with E-state index in [9.17, 15) is 15.0 Å². The monoisotopic (exact) mass is 493 g/mol. The van der Waals surface area contributed by atoms with E-state index in [2.05, 4.69) is 23.8 Å². The summed E-state index contributed by atoms with van der Waals surface area (Å²) in [6.07, 6.45) is 0.218. The second kappa shape index (κ2) is 8.40. The minimum atomic E-state index is -0.876. The summed E-state index contributed by atoms with van der Waals surface area (Å²) in [7, 11) is 1.99. The van der Waals surface area contributed by atoms with Crippen LogP contribution in [0.4, 0.5) is 5.69 Å². The number of aromatic nitrogens is 2. The summed E-state index contributed by atoms with van der Waals surface area (Å²) in [5.74, 6) is -1.12. The van der Waals surface area contributed by atoms with Gasteiger partial charge in [0, 0.05) is 52.0 Å². The molecule has 3 aromatic rings. The van der Waals surface area contributed by atoms with Gasteiger partial charge in [-0.2, -0.15) is 0 Å². The summed E-state index contributed by atoms with van der Waals surface area (Å²) in [5, 5.41) is 26.5. The fraction of sp³-hybridized carbons (Fsp3) is 0.393. The maximum Gasteiger partial charge on any atom is 0.275 e. The lowest BCUT2D eigenvalue weighted by molar-refractivity contribution is -0.0953. The van der Waals surface area contributed by atoms with Crippen molar-refractivity contribution in [1.29, 1.82) is 0 Å². The van der Waals surface area contributed by atoms with Gasteiger partial charge in [-0.15, -0.1) is 0 Å². The Kier molecular flexibility index (Phi) is 5.74. The molecule has 5 rings (SSSR count). The molecule has 6 nitrogen and oxygen atoms in total. The summed E-state index contributed by atoms with van der Waals surface area (Å²) in [6.45, 7) is 8.24. The standard InChI is InChI=1S/C28H32ClN3O3/c1-15(2)24-22(27(35)32(30-24)17-9-7-6-8-10-17)23-25(33)18(26(23)34)14-21-28(3,4)19-13-16(29)11-12-20(19)31(21)5/h6-15,18,23,25-26,30,33-34H,1-5H3/b21-14+. The number of allylic oxidation sites excluding steroid dienone is 1. The summed E-state index contributed by atoms with van der Waals surface area (Å²) < 4.78 is 1.50. The molecule has 0 saturated heterocycles. The number of aliphatic hydroxyl groups excluding tert-OH is 2. The number of para-hydroxylation sites is 1. The Morgan fingerprint density at radius 1 is 1.09 bits per heavy atom. The topological polar surface area (TPSA) is 81.5 Å². The average Bonchev–Trinajstić information content (AvgIpc) is 3.24. The Balaban J connectivity index is 1.51. The molecule has 7 heteroatoms. The van der Waals surface area contributed by atoms with E-state index >= 15 is 0 Å². The Labute approximate surface area is 210 Å². The largest absolute Gasteiger partial charge is 0.392 e. The molecule has 35 heavy (non-hydrogen) atoms. The zero-order chi connectivity index (χ0) is 25.2. The van der Waals surface area contributed by atoms with Crippen molar-refractivity contribution in [3.63, 3.8) is 0 Å². The highest BCUT2D eigenvalue weighted by Gasteiger charge is 2.52. The van der Waals surface area contributed by atoms with Gasteiger partial charge in [0.1, 0.15) is 0 Å².